The number of H-pyrrole nitrogens is 1. The zero-order valence-electron chi connectivity index (χ0n) is 11.0. The predicted octanol–water partition coefficient (Wildman–Crippen LogP) is 2.04. The normalized spacial score (nSPS) is 16.3. The molecule has 19 heavy (non-hydrogen) atoms. The van der Waals surface area contributed by atoms with Crippen LogP contribution in [0.3, 0.4) is 0 Å². The largest absolute Gasteiger partial charge is 0.490 e. The minimum Gasteiger partial charge on any atom is -0.490 e. The Morgan fingerprint density at radius 2 is 2.37 bits per heavy atom. The Hall–Kier alpha value is -1.88. The molecule has 0 saturated heterocycles. The number of nitrogens with one attached hydrogen (secondary N) is 2. The van der Waals surface area contributed by atoms with Gasteiger partial charge in [0.2, 0.25) is 0 Å². The predicted molar refractivity (Wildman–Crippen MR) is 72.0 cm³/mol. The molecular formula is C14H18N4O. The van der Waals surface area contributed by atoms with Crippen LogP contribution in [-0.4, -0.2) is 27.8 Å². The first kappa shape index (κ1) is 12.2. The third-order valence-electron chi connectivity index (χ3n) is 3.13. The van der Waals surface area contributed by atoms with Crippen molar-refractivity contribution < 1.29 is 4.74 Å². The molecule has 1 aromatic carbocycles. The van der Waals surface area contributed by atoms with Crippen molar-refractivity contribution in [3.8, 4) is 5.75 Å². The van der Waals surface area contributed by atoms with E-state index in [2.05, 4.69) is 39.6 Å². The van der Waals surface area contributed by atoms with Crippen molar-refractivity contribution in [3.05, 3.63) is 42.0 Å². The van der Waals surface area contributed by atoms with Crippen molar-refractivity contribution in [1.82, 2.24) is 20.5 Å². The SMILES string of the molecule is CCNC(c1cccc(OC2CC2)c1)c1ncn[nH]1. The number of aromatic nitrogens is 3. The maximum Gasteiger partial charge on any atom is 0.145 e. The quantitative estimate of drug-likeness (QED) is 0.832. The Bertz CT molecular complexity index is 522. The van der Waals surface area contributed by atoms with E-state index < -0.39 is 0 Å². The van der Waals surface area contributed by atoms with Crippen molar-refractivity contribution in [1.29, 1.82) is 0 Å². The molecule has 2 N–H and O–H groups in total. The number of hydrogen-bond acceptors (Lipinski definition) is 4. The van der Waals surface area contributed by atoms with E-state index in [0.717, 1.165) is 23.7 Å². The van der Waals surface area contributed by atoms with Gasteiger partial charge in [-0.1, -0.05) is 19.1 Å². The van der Waals surface area contributed by atoms with E-state index in [1.807, 2.05) is 12.1 Å². The molecule has 1 atom stereocenters. The van der Waals surface area contributed by atoms with Gasteiger partial charge in [0.05, 0.1) is 12.1 Å². The lowest BCUT2D eigenvalue weighted by Gasteiger charge is -2.16. The third kappa shape index (κ3) is 2.93. The summed E-state index contributed by atoms with van der Waals surface area (Å²) in [6, 6.07) is 8.21. The smallest absolute Gasteiger partial charge is 0.145 e. The Morgan fingerprint density at radius 3 is 3.05 bits per heavy atom. The van der Waals surface area contributed by atoms with Crippen LogP contribution in [0.4, 0.5) is 0 Å². The zero-order chi connectivity index (χ0) is 13.1. The second-order valence-corrected chi connectivity index (χ2v) is 4.75. The van der Waals surface area contributed by atoms with E-state index in [0.29, 0.717) is 6.10 Å². The molecule has 1 fully saturated rings. The molecule has 5 heteroatoms. The molecule has 1 unspecified atom stereocenters. The van der Waals surface area contributed by atoms with Crippen LogP contribution in [0.5, 0.6) is 5.75 Å². The van der Waals surface area contributed by atoms with Crippen LogP contribution in [0.1, 0.15) is 37.2 Å². The lowest BCUT2D eigenvalue weighted by atomic mass is 10.1. The van der Waals surface area contributed by atoms with Gasteiger partial charge in [-0.05, 0) is 37.1 Å². The van der Waals surface area contributed by atoms with Gasteiger partial charge < -0.3 is 10.1 Å². The fourth-order valence-electron chi connectivity index (χ4n) is 2.08. The molecule has 1 aliphatic rings. The Balaban J connectivity index is 1.84. The van der Waals surface area contributed by atoms with Crippen LogP contribution in [-0.2, 0) is 0 Å². The second-order valence-electron chi connectivity index (χ2n) is 4.75. The minimum absolute atomic E-state index is 0.0234. The Labute approximate surface area is 112 Å². The maximum atomic E-state index is 5.84. The van der Waals surface area contributed by atoms with Gasteiger partial charge in [0.1, 0.15) is 17.9 Å². The van der Waals surface area contributed by atoms with Crippen molar-refractivity contribution >= 4 is 0 Å². The second kappa shape index (κ2) is 5.40. The average Bonchev–Trinajstić information content (AvgIpc) is 3.07. The first-order valence-electron chi connectivity index (χ1n) is 6.72. The van der Waals surface area contributed by atoms with Gasteiger partial charge >= 0.3 is 0 Å². The summed E-state index contributed by atoms with van der Waals surface area (Å²) < 4.78 is 5.84. The molecule has 1 heterocycles. The lowest BCUT2D eigenvalue weighted by Crippen LogP contribution is -2.23. The summed E-state index contributed by atoms with van der Waals surface area (Å²) in [7, 11) is 0. The molecule has 3 rings (SSSR count). The highest BCUT2D eigenvalue weighted by molar-refractivity contribution is 5.33. The number of aromatic amines is 1. The monoisotopic (exact) mass is 258 g/mol. The number of ether oxygens (including phenoxy) is 1. The van der Waals surface area contributed by atoms with Crippen LogP contribution >= 0.6 is 0 Å². The van der Waals surface area contributed by atoms with E-state index in [9.17, 15) is 0 Å². The molecule has 100 valence electrons. The van der Waals surface area contributed by atoms with Gasteiger partial charge in [0, 0.05) is 0 Å². The fourth-order valence-corrected chi connectivity index (χ4v) is 2.08. The molecule has 2 aromatic rings. The maximum absolute atomic E-state index is 5.84. The summed E-state index contributed by atoms with van der Waals surface area (Å²) >= 11 is 0. The standard InChI is InChI=1S/C14H18N4O/c1-2-15-13(14-16-9-17-18-14)10-4-3-5-12(8-10)19-11-6-7-11/h3-5,8-9,11,13,15H,2,6-7H2,1H3,(H,16,17,18). The highest BCUT2D eigenvalue weighted by Crippen LogP contribution is 2.29. The number of benzene rings is 1. The number of hydrogen-bond donors (Lipinski definition) is 2. The van der Waals surface area contributed by atoms with E-state index >= 15 is 0 Å². The first-order valence-corrected chi connectivity index (χ1v) is 6.72. The van der Waals surface area contributed by atoms with Crippen LogP contribution in [0.15, 0.2) is 30.6 Å². The zero-order valence-corrected chi connectivity index (χ0v) is 11.0. The van der Waals surface area contributed by atoms with Gasteiger partial charge in [0.25, 0.3) is 0 Å². The van der Waals surface area contributed by atoms with Gasteiger partial charge in [0.15, 0.2) is 0 Å². The van der Waals surface area contributed by atoms with Crippen molar-refractivity contribution in [2.24, 2.45) is 0 Å². The Morgan fingerprint density at radius 1 is 1.47 bits per heavy atom. The van der Waals surface area contributed by atoms with E-state index in [1.54, 1.807) is 0 Å². The van der Waals surface area contributed by atoms with E-state index in [4.69, 9.17) is 4.74 Å². The first-order chi connectivity index (χ1) is 9.36. The molecule has 0 bridgehead atoms. The molecule has 1 aliphatic carbocycles. The average molecular weight is 258 g/mol. The molecule has 0 amide bonds. The van der Waals surface area contributed by atoms with Crippen LogP contribution in [0, 0.1) is 0 Å². The van der Waals surface area contributed by atoms with Crippen LogP contribution in [0.25, 0.3) is 0 Å². The van der Waals surface area contributed by atoms with E-state index in [1.165, 1.54) is 19.2 Å². The summed E-state index contributed by atoms with van der Waals surface area (Å²) in [4.78, 5) is 4.24. The fraction of sp³-hybridized carbons (Fsp3) is 0.429. The molecule has 0 spiro atoms. The van der Waals surface area contributed by atoms with Gasteiger partial charge in [-0.15, -0.1) is 0 Å². The lowest BCUT2D eigenvalue weighted by molar-refractivity contribution is 0.302. The highest BCUT2D eigenvalue weighted by Gasteiger charge is 2.24. The molecule has 1 aromatic heterocycles. The van der Waals surface area contributed by atoms with Gasteiger partial charge in [-0.2, -0.15) is 5.10 Å². The summed E-state index contributed by atoms with van der Waals surface area (Å²) in [5, 5.41) is 10.3. The highest BCUT2D eigenvalue weighted by atomic mass is 16.5. The molecule has 1 saturated carbocycles. The summed E-state index contributed by atoms with van der Waals surface area (Å²) in [5.41, 5.74) is 1.14. The molecule has 0 radical (unpaired) electrons. The topological polar surface area (TPSA) is 62.8 Å². The minimum atomic E-state index is 0.0234. The number of nitrogens with zero attached hydrogens (tertiary/aromatic N) is 2. The third-order valence-corrected chi connectivity index (χ3v) is 3.13. The van der Waals surface area contributed by atoms with Crippen LogP contribution < -0.4 is 10.1 Å². The molecule has 5 nitrogen and oxygen atoms in total. The van der Waals surface area contributed by atoms with E-state index in [-0.39, 0.29) is 6.04 Å². The summed E-state index contributed by atoms with van der Waals surface area (Å²) in [5.74, 6) is 1.76. The summed E-state index contributed by atoms with van der Waals surface area (Å²) in [6.45, 7) is 2.94. The van der Waals surface area contributed by atoms with Crippen molar-refractivity contribution in [2.45, 2.75) is 31.9 Å². The Kier molecular flexibility index (Phi) is 3.46. The molecule has 0 aliphatic heterocycles. The van der Waals surface area contributed by atoms with Gasteiger partial charge in [-0.3, -0.25) is 5.10 Å². The molecular weight excluding hydrogens is 240 g/mol. The van der Waals surface area contributed by atoms with Crippen molar-refractivity contribution in [2.75, 3.05) is 6.54 Å². The number of rotatable bonds is 6. The summed E-state index contributed by atoms with van der Waals surface area (Å²) in [6.07, 6.45) is 4.29. The van der Waals surface area contributed by atoms with Crippen LogP contribution in [0.2, 0.25) is 0 Å². The van der Waals surface area contributed by atoms with Gasteiger partial charge in [-0.25, -0.2) is 4.98 Å². The van der Waals surface area contributed by atoms with Crippen molar-refractivity contribution in [3.63, 3.8) is 0 Å².